The summed E-state index contributed by atoms with van der Waals surface area (Å²) in [7, 11) is 0. The van der Waals surface area contributed by atoms with E-state index in [1.54, 1.807) is 0 Å². The fraction of sp³-hybridized carbons (Fsp3) is 0.526. The van der Waals surface area contributed by atoms with Crippen LogP contribution in [0.5, 0.6) is 0 Å². The molecule has 1 aliphatic carbocycles. The first-order chi connectivity index (χ1) is 12.1. The summed E-state index contributed by atoms with van der Waals surface area (Å²) >= 11 is 0. The summed E-state index contributed by atoms with van der Waals surface area (Å²) in [6.07, 6.45) is 2.86. The molecule has 132 valence electrons. The highest BCUT2D eigenvalue weighted by Gasteiger charge is 2.42. The lowest BCUT2D eigenvalue weighted by Gasteiger charge is -2.22. The van der Waals surface area contributed by atoms with Crippen LogP contribution in [0.25, 0.3) is 0 Å². The van der Waals surface area contributed by atoms with Gasteiger partial charge in [-0.05, 0) is 24.8 Å². The molecule has 1 aromatic heterocycles. The van der Waals surface area contributed by atoms with Crippen molar-refractivity contribution in [2.45, 2.75) is 57.0 Å². The molecule has 25 heavy (non-hydrogen) atoms. The molecule has 6 heteroatoms. The number of aromatic nitrogens is 2. The zero-order valence-electron chi connectivity index (χ0n) is 14.7. The van der Waals surface area contributed by atoms with Crippen LogP contribution in [0.4, 0.5) is 4.79 Å². The van der Waals surface area contributed by atoms with E-state index in [1.807, 2.05) is 36.9 Å². The zero-order chi connectivity index (χ0) is 17.4. The minimum atomic E-state index is -0.0785. The quantitative estimate of drug-likeness (QED) is 0.923. The Bertz CT molecular complexity index is 743. The van der Waals surface area contributed by atoms with E-state index in [0.717, 1.165) is 25.8 Å². The van der Waals surface area contributed by atoms with E-state index >= 15 is 0 Å². The van der Waals surface area contributed by atoms with E-state index < -0.39 is 0 Å². The van der Waals surface area contributed by atoms with Gasteiger partial charge in [-0.25, -0.2) is 4.79 Å². The third-order valence-corrected chi connectivity index (χ3v) is 5.09. The normalized spacial score (nSPS) is 25.4. The van der Waals surface area contributed by atoms with Crippen molar-refractivity contribution in [2.24, 2.45) is 0 Å². The molecule has 6 nitrogen and oxygen atoms in total. The molecule has 0 radical (unpaired) electrons. The van der Waals surface area contributed by atoms with Crippen LogP contribution in [-0.2, 0) is 0 Å². The minimum Gasteiger partial charge on any atom is -0.339 e. The van der Waals surface area contributed by atoms with Crippen molar-refractivity contribution in [3.05, 3.63) is 47.6 Å². The van der Waals surface area contributed by atoms with Gasteiger partial charge in [0.15, 0.2) is 5.82 Å². The first-order valence-corrected chi connectivity index (χ1v) is 9.09. The topological polar surface area (TPSA) is 71.3 Å². The van der Waals surface area contributed by atoms with Crippen molar-refractivity contribution in [3.8, 4) is 0 Å². The van der Waals surface area contributed by atoms with Gasteiger partial charge in [-0.2, -0.15) is 4.98 Å². The molecular weight excluding hydrogens is 316 g/mol. The third-order valence-electron chi connectivity index (χ3n) is 5.09. The van der Waals surface area contributed by atoms with E-state index in [0.29, 0.717) is 17.6 Å². The fourth-order valence-corrected chi connectivity index (χ4v) is 3.56. The number of hydrogen-bond donors (Lipinski definition) is 1. The van der Waals surface area contributed by atoms with Crippen LogP contribution < -0.4 is 5.32 Å². The number of urea groups is 1. The van der Waals surface area contributed by atoms with Crippen molar-refractivity contribution < 1.29 is 9.32 Å². The molecule has 1 aromatic carbocycles. The summed E-state index contributed by atoms with van der Waals surface area (Å²) < 4.78 is 5.32. The molecule has 2 aliphatic rings. The standard InChI is InChI=1S/C19H24N4O2/c1-12(2)18-21-17(22-25-18)16-9-6-10-23(16)19(24)20-15-11-14(15)13-7-4-3-5-8-13/h3-5,7-8,12,14-16H,6,9-11H2,1-2H3,(H,20,24)/t14-,15+,16?/m0/s1. The van der Waals surface area contributed by atoms with E-state index in [-0.39, 0.29) is 24.0 Å². The molecule has 2 aromatic rings. The predicted molar refractivity (Wildman–Crippen MR) is 93.2 cm³/mol. The van der Waals surface area contributed by atoms with Gasteiger partial charge in [-0.15, -0.1) is 0 Å². The second-order valence-corrected chi connectivity index (χ2v) is 7.31. The Morgan fingerprint density at radius 2 is 2.12 bits per heavy atom. The largest absolute Gasteiger partial charge is 0.339 e. The molecule has 0 spiro atoms. The Kier molecular flexibility index (Phi) is 4.19. The van der Waals surface area contributed by atoms with Crippen LogP contribution >= 0.6 is 0 Å². The third kappa shape index (κ3) is 3.25. The molecule has 1 saturated heterocycles. The molecule has 1 saturated carbocycles. The van der Waals surface area contributed by atoms with Gasteiger partial charge < -0.3 is 14.7 Å². The average Bonchev–Trinajstić information content (AvgIpc) is 3.04. The average molecular weight is 340 g/mol. The van der Waals surface area contributed by atoms with Crippen LogP contribution in [0.2, 0.25) is 0 Å². The number of likely N-dealkylation sites (tertiary alicyclic amines) is 1. The number of hydrogen-bond acceptors (Lipinski definition) is 4. The smallest absolute Gasteiger partial charge is 0.318 e. The molecule has 1 N–H and O–H groups in total. The Morgan fingerprint density at radius 1 is 1.32 bits per heavy atom. The Hall–Kier alpha value is -2.37. The number of nitrogens with zero attached hydrogens (tertiary/aromatic N) is 3. The highest BCUT2D eigenvalue weighted by molar-refractivity contribution is 5.76. The Balaban J connectivity index is 1.40. The summed E-state index contributed by atoms with van der Waals surface area (Å²) in [6, 6.07) is 10.5. The van der Waals surface area contributed by atoms with Crippen LogP contribution in [0, 0.1) is 0 Å². The fourth-order valence-electron chi connectivity index (χ4n) is 3.56. The molecule has 0 bridgehead atoms. The number of carbonyl (C=O) groups excluding carboxylic acids is 1. The lowest BCUT2D eigenvalue weighted by Crippen LogP contribution is -2.41. The maximum atomic E-state index is 12.7. The highest BCUT2D eigenvalue weighted by atomic mass is 16.5. The van der Waals surface area contributed by atoms with Crippen LogP contribution in [0.3, 0.4) is 0 Å². The lowest BCUT2D eigenvalue weighted by atomic mass is 10.1. The maximum absolute atomic E-state index is 12.7. The summed E-state index contributed by atoms with van der Waals surface area (Å²) in [5.74, 6) is 1.90. The molecule has 1 unspecified atom stereocenters. The van der Waals surface area contributed by atoms with E-state index in [9.17, 15) is 4.79 Å². The van der Waals surface area contributed by atoms with Gasteiger partial charge in [0.2, 0.25) is 5.89 Å². The Morgan fingerprint density at radius 3 is 2.84 bits per heavy atom. The first-order valence-electron chi connectivity index (χ1n) is 9.09. The van der Waals surface area contributed by atoms with E-state index in [2.05, 4.69) is 27.6 Å². The molecule has 2 fully saturated rings. The van der Waals surface area contributed by atoms with Crippen LogP contribution in [0.1, 0.15) is 68.3 Å². The SMILES string of the molecule is CC(C)c1nc(C2CCCN2C(=O)N[C@@H]2C[C@H]2c2ccccc2)no1. The second kappa shape index (κ2) is 6.50. The molecule has 2 heterocycles. The maximum Gasteiger partial charge on any atom is 0.318 e. The first kappa shape index (κ1) is 16.1. The van der Waals surface area contributed by atoms with Crippen molar-refractivity contribution in [1.82, 2.24) is 20.4 Å². The second-order valence-electron chi connectivity index (χ2n) is 7.31. The number of amides is 2. The summed E-state index contributed by atoms with van der Waals surface area (Å²) in [5, 5.41) is 7.28. The van der Waals surface area contributed by atoms with E-state index in [4.69, 9.17) is 4.52 Å². The lowest BCUT2D eigenvalue weighted by molar-refractivity contribution is 0.189. The van der Waals surface area contributed by atoms with Crippen LogP contribution in [-0.4, -0.2) is 33.7 Å². The van der Waals surface area contributed by atoms with Crippen molar-refractivity contribution in [1.29, 1.82) is 0 Å². The Labute approximate surface area is 147 Å². The predicted octanol–water partition coefficient (Wildman–Crippen LogP) is 3.60. The van der Waals surface area contributed by atoms with Crippen molar-refractivity contribution >= 4 is 6.03 Å². The van der Waals surface area contributed by atoms with Crippen molar-refractivity contribution in [3.63, 3.8) is 0 Å². The number of nitrogens with one attached hydrogen (secondary N) is 1. The van der Waals surface area contributed by atoms with E-state index in [1.165, 1.54) is 5.56 Å². The van der Waals surface area contributed by atoms with Gasteiger partial charge in [0.05, 0.1) is 6.04 Å². The van der Waals surface area contributed by atoms with Gasteiger partial charge in [-0.3, -0.25) is 0 Å². The number of carbonyl (C=O) groups is 1. The minimum absolute atomic E-state index is 0.0122. The molecule has 1 aliphatic heterocycles. The molecule has 3 atom stereocenters. The highest BCUT2D eigenvalue weighted by Crippen LogP contribution is 2.41. The zero-order valence-corrected chi connectivity index (χ0v) is 14.7. The molecule has 4 rings (SSSR count). The number of benzene rings is 1. The van der Waals surface area contributed by atoms with Gasteiger partial charge in [0, 0.05) is 24.4 Å². The molecular formula is C19H24N4O2. The van der Waals surface area contributed by atoms with Gasteiger partial charge in [0.25, 0.3) is 0 Å². The monoisotopic (exact) mass is 340 g/mol. The summed E-state index contributed by atoms with van der Waals surface area (Å²) in [6.45, 7) is 4.78. The van der Waals surface area contributed by atoms with Crippen LogP contribution in [0.15, 0.2) is 34.9 Å². The van der Waals surface area contributed by atoms with Gasteiger partial charge in [-0.1, -0.05) is 49.3 Å². The van der Waals surface area contributed by atoms with Gasteiger partial charge in [0.1, 0.15) is 0 Å². The summed E-state index contributed by atoms with van der Waals surface area (Å²) in [5.41, 5.74) is 1.30. The van der Waals surface area contributed by atoms with Crippen molar-refractivity contribution in [2.75, 3.05) is 6.54 Å². The summed E-state index contributed by atoms with van der Waals surface area (Å²) in [4.78, 5) is 19.1. The molecule has 2 amide bonds. The number of rotatable bonds is 4. The van der Waals surface area contributed by atoms with Gasteiger partial charge >= 0.3 is 6.03 Å².